The maximum atomic E-state index is 11.6. The van der Waals surface area contributed by atoms with E-state index in [1.54, 1.807) is 6.33 Å². The highest BCUT2D eigenvalue weighted by Gasteiger charge is 2.26. The molecule has 0 spiro atoms. The molecule has 2 saturated heterocycles. The number of piperazine rings is 1. The van der Waals surface area contributed by atoms with Crippen LogP contribution >= 0.6 is 0 Å². The molecule has 4 rings (SSSR count). The van der Waals surface area contributed by atoms with E-state index in [0.29, 0.717) is 11.6 Å². The number of hydrogen-bond donors (Lipinski definition) is 0. The number of anilines is 3. The zero-order valence-electron chi connectivity index (χ0n) is 16.5. The van der Waals surface area contributed by atoms with Gasteiger partial charge in [0.25, 0.3) is 0 Å². The van der Waals surface area contributed by atoms with Gasteiger partial charge in [-0.05, 0) is 44.0 Å². The number of benzene rings is 1. The third kappa shape index (κ3) is 3.74. The van der Waals surface area contributed by atoms with Crippen molar-refractivity contribution in [3.63, 3.8) is 0 Å². The number of ether oxygens (including phenoxy) is 1. The van der Waals surface area contributed by atoms with E-state index in [4.69, 9.17) is 4.74 Å². The van der Waals surface area contributed by atoms with Crippen molar-refractivity contribution in [2.24, 2.45) is 0 Å². The lowest BCUT2D eigenvalue weighted by atomic mass is 10.1. The van der Waals surface area contributed by atoms with Crippen LogP contribution in [0.1, 0.15) is 30.1 Å². The molecule has 148 valence electrons. The monoisotopic (exact) mass is 381 g/mol. The Morgan fingerprint density at radius 3 is 2.39 bits per heavy atom. The molecule has 0 aliphatic carbocycles. The number of hydrogen-bond acceptors (Lipinski definition) is 7. The average molecular weight is 381 g/mol. The van der Waals surface area contributed by atoms with Crippen LogP contribution in [0.4, 0.5) is 17.3 Å². The summed E-state index contributed by atoms with van der Waals surface area (Å²) in [6.07, 6.45) is 4.17. The molecule has 2 fully saturated rings. The number of carbonyl (C=O) groups is 1. The van der Waals surface area contributed by atoms with Crippen LogP contribution in [0.3, 0.4) is 0 Å². The molecule has 2 aliphatic heterocycles. The first-order valence-electron chi connectivity index (χ1n) is 9.92. The molecule has 1 atom stereocenters. The Balaban J connectivity index is 1.44. The number of methoxy groups -OCH3 is 1. The van der Waals surface area contributed by atoms with Gasteiger partial charge in [0.2, 0.25) is 0 Å². The number of nitrogens with zero attached hydrogens (tertiary/aromatic N) is 5. The highest BCUT2D eigenvalue weighted by molar-refractivity contribution is 5.89. The van der Waals surface area contributed by atoms with Crippen molar-refractivity contribution in [1.29, 1.82) is 0 Å². The van der Waals surface area contributed by atoms with E-state index in [-0.39, 0.29) is 5.97 Å². The zero-order chi connectivity index (χ0) is 19.5. The molecule has 3 heterocycles. The lowest BCUT2D eigenvalue weighted by Crippen LogP contribution is -2.52. The van der Waals surface area contributed by atoms with Crippen LogP contribution in [0.15, 0.2) is 36.7 Å². The highest BCUT2D eigenvalue weighted by atomic mass is 16.5. The first-order chi connectivity index (χ1) is 13.7. The Morgan fingerprint density at radius 2 is 1.71 bits per heavy atom. The van der Waals surface area contributed by atoms with Gasteiger partial charge in [0.05, 0.1) is 12.7 Å². The maximum Gasteiger partial charge on any atom is 0.337 e. The van der Waals surface area contributed by atoms with Gasteiger partial charge in [-0.1, -0.05) is 0 Å². The van der Waals surface area contributed by atoms with E-state index >= 15 is 0 Å². The van der Waals surface area contributed by atoms with Crippen molar-refractivity contribution in [1.82, 2.24) is 9.97 Å². The molecule has 0 radical (unpaired) electrons. The molecule has 2 aromatic rings. The van der Waals surface area contributed by atoms with E-state index in [1.807, 2.05) is 24.3 Å². The van der Waals surface area contributed by atoms with Gasteiger partial charge in [0, 0.05) is 50.5 Å². The molecule has 1 aromatic heterocycles. The third-order valence-corrected chi connectivity index (χ3v) is 5.64. The molecule has 0 saturated carbocycles. The van der Waals surface area contributed by atoms with E-state index < -0.39 is 0 Å². The molecule has 28 heavy (non-hydrogen) atoms. The Kier molecular flexibility index (Phi) is 5.32. The molecule has 7 nitrogen and oxygen atoms in total. The number of esters is 1. The van der Waals surface area contributed by atoms with Crippen LogP contribution in [0.25, 0.3) is 0 Å². The van der Waals surface area contributed by atoms with Gasteiger partial charge in [0.15, 0.2) is 0 Å². The smallest absolute Gasteiger partial charge is 0.337 e. The Hall–Kier alpha value is -2.83. The normalized spacial score (nSPS) is 19.8. The van der Waals surface area contributed by atoms with Crippen molar-refractivity contribution >= 4 is 23.3 Å². The van der Waals surface area contributed by atoms with Gasteiger partial charge in [0.1, 0.15) is 18.0 Å². The fourth-order valence-corrected chi connectivity index (χ4v) is 4.07. The van der Waals surface area contributed by atoms with Crippen LogP contribution in [-0.4, -0.2) is 61.8 Å². The minimum atomic E-state index is -0.303. The van der Waals surface area contributed by atoms with Gasteiger partial charge in [-0.2, -0.15) is 0 Å². The second-order valence-electron chi connectivity index (χ2n) is 7.46. The second-order valence-corrected chi connectivity index (χ2v) is 7.46. The SMILES string of the molecule is COC(=O)c1ccc(N2CCN(c3cc(N4CCCC4)ncn3)C(C)C2)cc1. The summed E-state index contributed by atoms with van der Waals surface area (Å²) in [5.41, 5.74) is 1.70. The first kappa shape index (κ1) is 18.5. The van der Waals surface area contributed by atoms with Gasteiger partial charge in [-0.3, -0.25) is 0 Å². The van der Waals surface area contributed by atoms with Crippen molar-refractivity contribution in [2.45, 2.75) is 25.8 Å². The molecule has 0 amide bonds. The van der Waals surface area contributed by atoms with Crippen molar-refractivity contribution in [2.75, 3.05) is 54.5 Å². The zero-order valence-corrected chi connectivity index (χ0v) is 16.5. The molecule has 7 heteroatoms. The summed E-state index contributed by atoms with van der Waals surface area (Å²) in [5, 5.41) is 0. The molecule has 1 aromatic carbocycles. The van der Waals surface area contributed by atoms with Crippen molar-refractivity contribution in [3.8, 4) is 0 Å². The molecule has 1 unspecified atom stereocenters. The largest absolute Gasteiger partial charge is 0.465 e. The van der Waals surface area contributed by atoms with Crippen LogP contribution in [-0.2, 0) is 4.74 Å². The number of carbonyl (C=O) groups excluding carboxylic acids is 1. The maximum absolute atomic E-state index is 11.6. The molecule has 0 N–H and O–H groups in total. The van der Waals surface area contributed by atoms with Crippen LogP contribution in [0, 0.1) is 0 Å². The van der Waals surface area contributed by atoms with Gasteiger partial charge in [-0.25, -0.2) is 14.8 Å². The van der Waals surface area contributed by atoms with Gasteiger partial charge >= 0.3 is 5.97 Å². The summed E-state index contributed by atoms with van der Waals surface area (Å²) in [6.45, 7) is 7.11. The minimum absolute atomic E-state index is 0.303. The van der Waals surface area contributed by atoms with Crippen molar-refractivity contribution in [3.05, 3.63) is 42.2 Å². The third-order valence-electron chi connectivity index (χ3n) is 5.64. The van der Waals surface area contributed by atoms with Crippen molar-refractivity contribution < 1.29 is 9.53 Å². The van der Waals surface area contributed by atoms with E-state index in [9.17, 15) is 4.79 Å². The minimum Gasteiger partial charge on any atom is -0.465 e. The number of rotatable bonds is 4. The fourth-order valence-electron chi connectivity index (χ4n) is 4.07. The first-order valence-corrected chi connectivity index (χ1v) is 9.92. The standard InChI is InChI=1S/C21H27N5O2/c1-16-14-25(18-7-5-17(6-8-18)21(27)28-2)11-12-26(16)20-13-19(22-15-23-20)24-9-3-4-10-24/h5-8,13,15-16H,3-4,9-12,14H2,1-2H3. The van der Waals surface area contributed by atoms with Crippen LogP contribution in [0.2, 0.25) is 0 Å². The summed E-state index contributed by atoms with van der Waals surface area (Å²) < 4.78 is 4.77. The van der Waals surface area contributed by atoms with E-state index in [2.05, 4.69) is 37.7 Å². The Labute approximate surface area is 165 Å². The van der Waals surface area contributed by atoms with Gasteiger partial charge < -0.3 is 19.4 Å². The summed E-state index contributed by atoms with van der Waals surface area (Å²) >= 11 is 0. The lowest BCUT2D eigenvalue weighted by molar-refractivity contribution is 0.0601. The summed E-state index contributed by atoms with van der Waals surface area (Å²) in [4.78, 5) is 27.7. The van der Waals surface area contributed by atoms with E-state index in [1.165, 1.54) is 20.0 Å². The van der Waals surface area contributed by atoms with Gasteiger partial charge in [-0.15, -0.1) is 0 Å². The Bertz CT molecular complexity index is 820. The fraction of sp³-hybridized carbons (Fsp3) is 0.476. The highest BCUT2D eigenvalue weighted by Crippen LogP contribution is 2.26. The predicted octanol–water partition coefficient (Wildman–Crippen LogP) is 2.58. The summed E-state index contributed by atoms with van der Waals surface area (Å²) in [7, 11) is 1.40. The van der Waals surface area contributed by atoms with Crippen LogP contribution in [0.5, 0.6) is 0 Å². The van der Waals surface area contributed by atoms with Crippen LogP contribution < -0.4 is 14.7 Å². The molecular weight excluding hydrogens is 354 g/mol. The molecular formula is C21H27N5O2. The van der Waals surface area contributed by atoms with E-state index in [0.717, 1.165) is 50.0 Å². The average Bonchev–Trinajstić information content (AvgIpc) is 3.28. The lowest BCUT2D eigenvalue weighted by Gasteiger charge is -2.41. The number of aromatic nitrogens is 2. The second kappa shape index (κ2) is 8.04. The topological polar surface area (TPSA) is 61.8 Å². The summed E-state index contributed by atoms with van der Waals surface area (Å²) in [5.74, 6) is 1.74. The molecule has 2 aliphatic rings. The quantitative estimate of drug-likeness (QED) is 0.754. The summed E-state index contributed by atoms with van der Waals surface area (Å²) in [6, 6.07) is 10.1. The molecule has 0 bridgehead atoms. The Morgan fingerprint density at radius 1 is 1.00 bits per heavy atom. The predicted molar refractivity (Wildman–Crippen MR) is 110 cm³/mol.